The number of carbonyl (C=O) groups is 2. The molecular formula is C18H10N2O4. The van der Waals surface area contributed by atoms with Crippen molar-refractivity contribution in [3.63, 3.8) is 0 Å². The van der Waals surface area contributed by atoms with Crippen molar-refractivity contribution >= 4 is 34.2 Å². The first-order valence-electron chi connectivity index (χ1n) is 7.22. The molecule has 0 radical (unpaired) electrons. The molecule has 2 aromatic carbocycles. The number of nitrogens with zero attached hydrogens (tertiary/aromatic N) is 1. The van der Waals surface area contributed by atoms with Gasteiger partial charge < -0.3 is 4.98 Å². The number of allylic oxidation sites excluding steroid dienone is 1. The number of ketones is 2. The van der Waals surface area contributed by atoms with Gasteiger partial charge >= 0.3 is 0 Å². The molecule has 1 heterocycles. The van der Waals surface area contributed by atoms with E-state index in [4.69, 9.17) is 0 Å². The molecule has 1 aromatic heterocycles. The van der Waals surface area contributed by atoms with E-state index in [0.717, 1.165) is 10.9 Å². The van der Waals surface area contributed by atoms with Gasteiger partial charge in [0.15, 0.2) is 5.78 Å². The van der Waals surface area contributed by atoms with Crippen LogP contribution in [0.15, 0.2) is 54.2 Å². The lowest BCUT2D eigenvalue weighted by Crippen LogP contribution is -2.01. The highest BCUT2D eigenvalue weighted by atomic mass is 16.6. The SMILES string of the molecule is O=C1/C(=C/c2c[nH]c3ccccc23)C(=O)c2c1cccc2[N+](=O)[O-]. The van der Waals surface area contributed by atoms with Crippen LogP contribution in [0.3, 0.4) is 0 Å². The third-order valence-electron chi connectivity index (χ3n) is 4.12. The van der Waals surface area contributed by atoms with Gasteiger partial charge in [-0.1, -0.05) is 24.3 Å². The molecule has 0 bridgehead atoms. The third-order valence-corrected chi connectivity index (χ3v) is 4.12. The largest absolute Gasteiger partial charge is 0.361 e. The van der Waals surface area contributed by atoms with Gasteiger partial charge in [-0.2, -0.15) is 0 Å². The molecule has 6 nitrogen and oxygen atoms in total. The first-order valence-corrected chi connectivity index (χ1v) is 7.22. The molecule has 0 fully saturated rings. The van der Waals surface area contributed by atoms with Crippen LogP contribution in [0.4, 0.5) is 5.69 Å². The first kappa shape index (κ1) is 14.1. The number of para-hydroxylation sites is 1. The van der Waals surface area contributed by atoms with E-state index in [9.17, 15) is 19.7 Å². The Morgan fingerprint density at radius 3 is 2.58 bits per heavy atom. The summed E-state index contributed by atoms with van der Waals surface area (Å²) in [5.41, 5.74) is 1.14. The molecule has 1 aliphatic carbocycles. The molecule has 3 aromatic rings. The summed E-state index contributed by atoms with van der Waals surface area (Å²) in [6.07, 6.45) is 3.20. The number of fused-ring (bicyclic) bond motifs is 2. The number of nitro groups is 1. The fourth-order valence-electron chi connectivity index (χ4n) is 3.00. The number of Topliss-reactive ketones (excluding diaryl/α,β-unsaturated/α-hetero) is 2. The molecule has 0 amide bonds. The lowest BCUT2D eigenvalue weighted by atomic mass is 10.1. The normalized spacial score (nSPS) is 15.2. The molecule has 0 aliphatic heterocycles. The summed E-state index contributed by atoms with van der Waals surface area (Å²) in [5, 5.41) is 12.0. The molecule has 0 saturated carbocycles. The average molecular weight is 318 g/mol. The van der Waals surface area contributed by atoms with E-state index in [1.807, 2.05) is 24.3 Å². The summed E-state index contributed by atoms with van der Waals surface area (Å²) in [5.74, 6) is -1.09. The monoisotopic (exact) mass is 318 g/mol. The quantitative estimate of drug-likeness (QED) is 0.338. The highest BCUT2D eigenvalue weighted by Gasteiger charge is 2.38. The number of benzene rings is 2. The van der Waals surface area contributed by atoms with Crippen molar-refractivity contribution in [2.24, 2.45) is 0 Å². The predicted molar refractivity (Wildman–Crippen MR) is 88.0 cm³/mol. The van der Waals surface area contributed by atoms with E-state index < -0.39 is 16.5 Å². The molecule has 0 unspecified atom stereocenters. The van der Waals surface area contributed by atoms with Crippen LogP contribution in [0.5, 0.6) is 0 Å². The second-order valence-electron chi connectivity index (χ2n) is 5.46. The van der Waals surface area contributed by atoms with Crippen LogP contribution in [0.1, 0.15) is 26.3 Å². The summed E-state index contributed by atoms with van der Waals surface area (Å²) in [6, 6.07) is 11.6. The molecule has 24 heavy (non-hydrogen) atoms. The third kappa shape index (κ3) is 1.90. The van der Waals surface area contributed by atoms with E-state index in [1.165, 1.54) is 24.3 Å². The zero-order valence-corrected chi connectivity index (χ0v) is 12.3. The van der Waals surface area contributed by atoms with Gasteiger partial charge in [-0.3, -0.25) is 19.7 Å². The summed E-state index contributed by atoms with van der Waals surface area (Å²) in [7, 11) is 0. The van der Waals surface area contributed by atoms with E-state index in [-0.39, 0.29) is 22.4 Å². The number of carbonyl (C=O) groups excluding carboxylic acids is 2. The lowest BCUT2D eigenvalue weighted by molar-refractivity contribution is -0.385. The Morgan fingerprint density at radius 2 is 1.79 bits per heavy atom. The molecule has 1 aliphatic rings. The zero-order valence-electron chi connectivity index (χ0n) is 12.3. The number of hydrogen-bond donors (Lipinski definition) is 1. The van der Waals surface area contributed by atoms with Crippen LogP contribution in [0.25, 0.3) is 17.0 Å². The number of hydrogen-bond acceptors (Lipinski definition) is 4. The molecule has 116 valence electrons. The highest BCUT2D eigenvalue weighted by Crippen LogP contribution is 2.34. The van der Waals surface area contributed by atoms with Crippen LogP contribution in [-0.2, 0) is 0 Å². The van der Waals surface area contributed by atoms with Gasteiger partial charge in [0.25, 0.3) is 5.69 Å². The minimum atomic E-state index is -0.640. The van der Waals surface area contributed by atoms with Crippen molar-refractivity contribution in [3.05, 3.63) is 81.0 Å². The van der Waals surface area contributed by atoms with Crippen LogP contribution in [-0.4, -0.2) is 21.5 Å². The minimum Gasteiger partial charge on any atom is -0.361 e. The highest BCUT2D eigenvalue weighted by molar-refractivity contribution is 6.42. The molecule has 0 atom stereocenters. The van der Waals surface area contributed by atoms with Crippen molar-refractivity contribution in [1.82, 2.24) is 4.98 Å². The Kier molecular flexibility index (Phi) is 2.93. The summed E-state index contributed by atoms with van der Waals surface area (Å²) < 4.78 is 0. The minimum absolute atomic E-state index is 0.0518. The Morgan fingerprint density at radius 1 is 1.00 bits per heavy atom. The molecular weight excluding hydrogens is 308 g/mol. The van der Waals surface area contributed by atoms with Crippen molar-refractivity contribution < 1.29 is 14.5 Å². The molecule has 4 rings (SSSR count). The maximum atomic E-state index is 12.6. The maximum Gasteiger partial charge on any atom is 0.281 e. The summed E-state index contributed by atoms with van der Waals surface area (Å²) in [6.45, 7) is 0. The van der Waals surface area contributed by atoms with E-state index in [2.05, 4.69) is 4.98 Å². The Balaban J connectivity index is 1.89. The first-order chi connectivity index (χ1) is 11.6. The smallest absolute Gasteiger partial charge is 0.281 e. The van der Waals surface area contributed by atoms with E-state index >= 15 is 0 Å². The van der Waals surface area contributed by atoms with Gasteiger partial charge in [0, 0.05) is 34.3 Å². The average Bonchev–Trinajstić information content (AvgIpc) is 3.10. The van der Waals surface area contributed by atoms with Crippen molar-refractivity contribution in [2.75, 3.05) is 0 Å². The van der Waals surface area contributed by atoms with Gasteiger partial charge in [-0.05, 0) is 18.2 Å². The van der Waals surface area contributed by atoms with E-state index in [0.29, 0.717) is 5.56 Å². The summed E-state index contributed by atoms with van der Waals surface area (Å²) in [4.78, 5) is 38.7. The topological polar surface area (TPSA) is 93.1 Å². The Hall–Kier alpha value is -3.54. The molecule has 0 spiro atoms. The Labute approximate surface area is 135 Å². The standard InChI is InChI=1S/C18H10N2O4/c21-17-12-5-3-7-15(20(23)24)16(12)18(22)13(17)8-10-9-19-14-6-2-1-4-11(10)14/h1-9,19H/b13-8-. The van der Waals surface area contributed by atoms with Gasteiger partial charge in [0.2, 0.25) is 5.78 Å². The van der Waals surface area contributed by atoms with Crippen molar-refractivity contribution in [2.45, 2.75) is 0 Å². The van der Waals surface area contributed by atoms with Crippen LogP contribution >= 0.6 is 0 Å². The zero-order chi connectivity index (χ0) is 16.8. The summed E-state index contributed by atoms with van der Waals surface area (Å²) >= 11 is 0. The Bertz CT molecular complexity index is 1080. The fourth-order valence-corrected chi connectivity index (χ4v) is 3.00. The van der Waals surface area contributed by atoms with Crippen LogP contribution in [0, 0.1) is 10.1 Å². The number of H-pyrrole nitrogens is 1. The lowest BCUT2D eigenvalue weighted by Gasteiger charge is -1.96. The molecule has 0 saturated heterocycles. The van der Waals surface area contributed by atoms with Crippen molar-refractivity contribution in [1.29, 1.82) is 0 Å². The van der Waals surface area contributed by atoms with Gasteiger partial charge in [-0.25, -0.2) is 0 Å². The van der Waals surface area contributed by atoms with Crippen molar-refractivity contribution in [3.8, 4) is 0 Å². The van der Waals surface area contributed by atoms with E-state index in [1.54, 1.807) is 6.20 Å². The number of nitrogens with one attached hydrogen (secondary N) is 1. The number of nitro benzene ring substituents is 1. The molecule has 1 N–H and O–H groups in total. The second-order valence-corrected chi connectivity index (χ2v) is 5.46. The van der Waals surface area contributed by atoms with Gasteiger partial charge in [-0.15, -0.1) is 0 Å². The second kappa shape index (κ2) is 4.99. The van der Waals surface area contributed by atoms with Crippen LogP contribution in [0.2, 0.25) is 0 Å². The number of rotatable bonds is 2. The van der Waals surface area contributed by atoms with Crippen LogP contribution < -0.4 is 0 Å². The molecule has 6 heteroatoms. The number of aromatic amines is 1. The van der Waals surface area contributed by atoms with Gasteiger partial charge in [0.1, 0.15) is 5.56 Å². The predicted octanol–water partition coefficient (Wildman–Crippen LogP) is 3.54. The van der Waals surface area contributed by atoms with Gasteiger partial charge in [0.05, 0.1) is 10.5 Å². The number of aromatic nitrogens is 1. The maximum absolute atomic E-state index is 12.6. The fraction of sp³-hybridized carbons (Fsp3) is 0.